The van der Waals surface area contributed by atoms with Crippen molar-refractivity contribution >= 4 is 5.91 Å². The number of rotatable bonds is 8. The van der Waals surface area contributed by atoms with Gasteiger partial charge in [0.05, 0.1) is 0 Å². The fraction of sp³-hybridized carbons (Fsp3) is 0.562. The Morgan fingerprint density at radius 1 is 1.40 bits per heavy atom. The fourth-order valence-corrected chi connectivity index (χ4v) is 2.69. The van der Waals surface area contributed by atoms with E-state index in [1.54, 1.807) is 0 Å². The molecule has 1 fully saturated rings. The summed E-state index contributed by atoms with van der Waals surface area (Å²) in [5, 5.41) is 3.17. The average molecular weight is 275 g/mol. The van der Waals surface area contributed by atoms with Crippen LogP contribution in [0.15, 0.2) is 30.3 Å². The van der Waals surface area contributed by atoms with Gasteiger partial charge in [0.25, 0.3) is 0 Å². The lowest BCUT2D eigenvalue weighted by atomic mass is 9.88. The lowest BCUT2D eigenvalue weighted by Crippen LogP contribution is -2.58. The summed E-state index contributed by atoms with van der Waals surface area (Å²) in [6, 6.07) is 9.77. The van der Waals surface area contributed by atoms with Crippen molar-refractivity contribution in [3.8, 4) is 0 Å². The van der Waals surface area contributed by atoms with Crippen molar-refractivity contribution in [2.45, 2.75) is 25.3 Å². The molecule has 1 saturated carbocycles. The Hall–Kier alpha value is -1.39. The molecule has 1 aliphatic carbocycles. The molecule has 0 aromatic heterocycles. The smallest absolute Gasteiger partial charge is 0.243 e. The van der Waals surface area contributed by atoms with Crippen LogP contribution in [0.3, 0.4) is 0 Å². The third-order valence-corrected chi connectivity index (χ3v) is 4.24. The molecule has 0 aliphatic heterocycles. The quantitative estimate of drug-likeness (QED) is 0.752. The van der Waals surface area contributed by atoms with Crippen LogP contribution >= 0.6 is 0 Å². The van der Waals surface area contributed by atoms with Gasteiger partial charge in [-0.05, 0) is 37.9 Å². The van der Waals surface area contributed by atoms with Crippen molar-refractivity contribution in [2.75, 3.05) is 26.7 Å². The maximum Gasteiger partial charge on any atom is 0.243 e. The first-order valence-corrected chi connectivity index (χ1v) is 7.39. The van der Waals surface area contributed by atoms with E-state index in [1.165, 1.54) is 12.8 Å². The second kappa shape index (κ2) is 6.37. The first kappa shape index (κ1) is 15.0. The van der Waals surface area contributed by atoms with Crippen LogP contribution < -0.4 is 11.1 Å². The summed E-state index contributed by atoms with van der Waals surface area (Å²) in [4.78, 5) is 14.5. The van der Waals surface area contributed by atoms with E-state index in [0.717, 1.165) is 24.6 Å². The molecule has 1 aliphatic rings. The van der Waals surface area contributed by atoms with Crippen LogP contribution in [-0.2, 0) is 10.3 Å². The number of nitrogens with two attached hydrogens (primary N) is 1. The SMILES string of the molecule is CCN(CC1CC1)CC(NC)(C(N)=O)c1ccccc1. The minimum absolute atomic E-state index is 0.319. The molecule has 4 nitrogen and oxygen atoms in total. The van der Waals surface area contributed by atoms with Crippen molar-refractivity contribution in [1.82, 2.24) is 10.2 Å². The Morgan fingerprint density at radius 3 is 2.50 bits per heavy atom. The van der Waals surface area contributed by atoms with E-state index >= 15 is 0 Å². The topological polar surface area (TPSA) is 58.4 Å². The van der Waals surface area contributed by atoms with Gasteiger partial charge in [-0.15, -0.1) is 0 Å². The third-order valence-electron chi connectivity index (χ3n) is 4.24. The summed E-state index contributed by atoms with van der Waals surface area (Å²) in [6.45, 7) is 4.74. The van der Waals surface area contributed by atoms with Gasteiger partial charge in [-0.3, -0.25) is 4.79 Å². The van der Waals surface area contributed by atoms with E-state index in [9.17, 15) is 4.79 Å². The molecular weight excluding hydrogens is 250 g/mol. The number of likely N-dealkylation sites (N-methyl/N-ethyl adjacent to an activating group) is 2. The first-order valence-electron chi connectivity index (χ1n) is 7.39. The first-order chi connectivity index (χ1) is 9.62. The van der Waals surface area contributed by atoms with E-state index in [1.807, 2.05) is 37.4 Å². The van der Waals surface area contributed by atoms with E-state index in [-0.39, 0.29) is 5.91 Å². The average Bonchev–Trinajstić information content (AvgIpc) is 3.28. The number of benzene rings is 1. The van der Waals surface area contributed by atoms with Crippen LogP contribution in [0.2, 0.25) is 0 Å². The molecule has 3 N–H and O–H groups in total. The maximum absolute atomic E-state index is 12.1. The molecule has 1 atom stereocenters. The summed E-state index contributed by atoms with van der Waals surface area (Å²) >= 11 is 0. The predicted molar refractivity (Wildman–Crippen MR) is 81.2 cm³/mol. The summed E-state index contributed by atoms with van der Waals surface area (Å²) < 4.78 is 0. The van der Waals surface area contributed by atoms with E-state index < -0.39 is 5.54 Å². The highest BCUT2D eigenvalue weighted by atomic mass is 16.1. The molecule has 0 radical (unpaired) electrons. The molecule has 1 unspecified atom stereocenters. The van der Waals surface area contributed by atoms with Crippen molar-refractivity contribution in [3.05, 3.63) is 35.9 Å². The Bertz CT molecular complexity index is 444. The number of amides is 1. The Balaban J connectivity index is 2.23. The summed E-state index contributed by atoms with van der Waals surface area (Å²) in [5.74, 6) is 0.480. The highest BCUT2D eigenvalue weighted by Gasteiger charge is 2.39. The maximum atomic E-state index is 12.1. The molecule has 110 valence electrons. The van der Waals surface area contributed by atoms with Gasteiger partial charge in [-0.1, -0.05) is 37.3 Å². The van der Waals surface area contributed by atoms with Gasteiger partial charge < -0.3 is 16.0 Å². The number of hydrogen-bond donors (Lipinski definition) is 2. The second-order valence-electron chi connectivity index (χ2n) is 5.66. The van der Waals surface area contributed by atoms with Crippen LogP contribution in [0.5, 0.6) is 0 Å². The predicted octanol–water partition coefficient (Wildman–Crippen LogP) is 1.32. The van der Waals surface area contributed by atoms with E-state index in [0.29, 0.717) is 6.54 Å². The summed E-state index contributed by atoms with van der Waals surface area (Å²) in [6.07, 6.45) is 2.62. The molecular formula is C16H25N3O. The molecule has 0 spiro atoms. The number of primary amides is 1. The number of carbonyl (C=O) groups is 1. The number of nitrogens with one attached hydrogen (secondary N) is 1. The Morgan fingerprint density at radius 2 is 2.05 bits per heavy atom. The molecule has 1 aromatic carbocycles. The van der Waals surface area contributed by atoms with Gasteiger partial charge in [-0.2, -0.15) is 0 Å². The van der Waals surface area contributed by atoms with Crippen molar-refractivity contribution in [2.24, 2.45) is 11.7 Å². The lowest BCUT2D eigenvalue weighted by molar-refractivity contribution is -0.125. The minimum atomic E-state index is -0.813. The number of nitrogens with zero attached hydrogens (tertiary/aromatic N) is 1. The monoisotopic (exact) mass is 275 g/mol. The van der Waals surface area contributed by atoms with Crippen molar-refractivity contribution in [3.63, 3.8) is 0 Å². The van der Waals surface area contributed by atoms with Crippen LogP contribution in [0.25, 0.3) is 0 Å². The zero-order valence-electron chi connectivity index (χ0n) is 12.4. The zero-order valence-corrected chi connectivity index (χ0v) is 12.4. The fourth-order valence-electron chi connectivity index (χ4n) is 2.69. The Labute approximate surface area is 121 Å². The van der Waals surface area contributed by atoms with Gasteiger partial charge in [0.2, 0.25) is 5.91 Å². The Kier molecular flexibility index (Phi) is 4.78. The number of carbonyl (C=O) groups excluding carboxylic acids is 1. The molecule has 1 aromatic rings. The van der Waals surface area contributed by atoms with Gasteiger partial charge in [0, 0.05) is 13.1 Å². The zero-order chi connectivity index (χ0) is 14.6. The van der Waals surface area contributed by atoms with Crippen molar-refractivity contribution in [1.29, 1.82) is 0 Å². The summed E-state index contributed by atoms with van der Waals surface area (Å²) in [5.41, 5.74) is 5.86. The van der Waals surface area contributed by atoms with Crippen molar-refractivity contribution < 1.29 is 4.79 Å². The summed E-state index contributed by atoms with van der Waals surface area (Å²) in [7, 11) is 1.81. The molecule has 4 heteroatoms. The van der Waals surface area contributed by atoms with Gasteiger partial charge in [0.1, 0.15) is 5.54 Å². The van der Waals surface area contributed by atoms with E-state index in [4.69, 9.17) is 5.73 Å². The second-order valence-corrected chi connectivity index (χ2v) is 5.66. The highest BCUT2D eigenvalue weighted by molar-refractivity contribution is 5.86. The third kappa shape index (κ3) is 3.19. The molecule has 0 heterocycles. The standard InChI is InChI=1S/C16H25N3O/c1-3-19(11-13-9-10-13)12-16(18-2,15(17)20)14-7-5-4-6-8-14/h4-8,13,18H,3,9-12H2,1-2H3,(H2,17,20). The number of hydrogen-bond acceptors (Lipinski definition) is 3. The largest absolute Gasteiger partial charge is 0.368 e. The molecule has 1 amide bonds. The van der Waals surface area contributed by atoms with Crippen LogP contribution in [0.1, 0.15) is 25.3 Å². The molecule has 2 rings (SSSR count). The van der Waals surface area contributed by atoms with Gasteiger partial charge >= 0.3 is 0 Å². The lowest BCUT2D eigenvalue weighted by Gasteiger charge is -2.36. The highest BCUT2D eigenvalue weighted by Crippen LogP contribution is 2.31. The van der Waals surface area contributed by atoms with Crippen LogP contribution in [0.4, 0.5) is 0 Å². The molecule has 20 heavy (non-hydrogen) atoms. The van der Waals surface area contributed by atoms with Gasteiger partial charge in [0.15, 0.2) is 0 Å². The molecule has 0 saturated heterocycles. The van der Waals surface area contributed by atoms with Crippen LogP contribution in [-0.4, -0.2) is 37.5 Å². The minimum Gasteiger partial charge on any atom is -0.368 e. The van der Waals surface area contributed by atoms with Gasteiger partial charge in [-0.25, -0.2) is 0 Å². The van der Waals surface area contributed by atoms with Crippen LogP contribution in [0, 0.1) is 5.92 Å². The van der Waals surface area contributed by atoms with E-state index in [2.05, 4.69) is 17.1 Å². The normalized spacial score (nSPS) is 17.9. The molecule has 0 bridgehead atoms.